The molecule has 18 heavy (non-hydrogen) atoms. The Morgan fingerprint density at radius 1 is 1.39 bits per heavy atom. The molecule has 0 radical (unpaired) electrons. The molecule has 0 aliphatic carbocycles. The highest BCUT2D eigenvalue weighted by atomic mass is 79.9. The first kappa shape index (κ1) is 13.5. The molecule has 1 aromatic rings. The first-order chi connectivity index (χ1) is 8.24. The third-order valence-electron chi connectivity index (χ3n) is 2.83. The zero-order chi connectivity index (χ0) is 13.7. The van der Waals surface area contributed by atoms with E-state index in [0.29, 0.717) is 0 Å². The van der Waals surface area contributed by atoms with Crippen LogP contribution < -0.4 is 4.90 Å². The van der Waals surface area contributed by atoms with Crippen LogP contribution in [0.4, 0.5) is 10.1 Å². The Morgan fingerprint density at radius 2 is 2.00 bits per heavy atom. The maximum atomic E-state index is 13.1. The average molecular weight is 335 g/mol. The fraction of sp³-hybridized carbons (Fsp3) is 0.333. The van der Waals surface area contributed by atoms with Gasteiger partial charge in [0.05, 0.1) is 16.1 Å². The first-order valence-electron chi connectivity index (χ1n) is 5.26. The Bertz CT molecular complexity index is 536. The highest BCUT2D eigenvalue weighted by Gasteiger charge is 2.46. The molecule has 6 heteroatoms. The standard InChI is InChI=1S/C12H10BrClFNO2/c1-12(2)5-9(17)16(11(12)18)10-7(13)3-6(15)4-8(10)14/h3-4H,5H2,1-2H3. The molecule has 0 unspecified atom stereocenters. The van der Waals surface area contributed by atoms with Crippen LogP contribution in [0.5, 0.6) is 0 Å². The number of imide groups is 1. The van der Waals surface area contributed by atoms with Gasteiger partial charge in [-0.3, -0.25) is 9.59 Å². The quantitative estimate of drug-likeness (QED) is 0.737. The smallest absolute Gasteiger partial charge is 0.240 e. The second-order valence-electron chi connectivity index (χ2n) is 4.81. The van der Waals surface area contributed by atoms with Crippen molar-refractivity contribution in [3.63, 3.8) is 0 Å². The van der Waals surface area contributed by atoms with E-state index in [1.54, 1.807) is 13.8 Å². The topological polar surface area (TPSA) is 37.4 Å². The number of hydrogen-bond donors (Lipinski definition) is 0. The summed E-state index contributed by atoms with van der Waals surface area (Å²) in [7, 11) is 0. The average Bonchev–Trinajstić information content (AvgIpc) is 2.38. The zero-order valence-corrected chi connectivity index (χ0v) is 12.1. The molecule has 2 amide bonds. The third-order valence-corrected chi connectivity index (χ3v) is 3.72. The highest BCUT2D eigenvalue weighted by molar-refractivity contribution is 9.10. The molecule has 1 aromatic carbocycles. The van der Waals surface area contributed by atoms with Gasteiger partial charge in [-0.1, -0.05) is 25.4 Å². The molecule has 1 aliphatic heterocycles. The van der Waals surface area contributed by atoms with Gasteiger partial charge < -0.3 is 0 Å². The van der Waals surface area contributed by atoms with Gasteiger partial charge in [-0.15, -0.1) is 0 Å². The van der Waals surface area contributed by atoms with Crippen LogP contribution in [0.25, 0.3) is 0 Å². The first-order valence-corrected chi connectivity index (χ1v) is 6.43. The molecule has 3 nitrogen and oxygen atoms in total. The monoisotopic (exact) mass is 333 g/mol. The highest BCUT2D eigenvalue weighted by Crippen LogP contribution is 2.42. The summed E-state index contributed by atoms with van der Waals surface area (Å²) in [6.45, 7) is 3.39. The fourth-order valence-corrected chi connectivity index (χ4v) is 2.94. The van der Waals surface area contributed by atoms with E-state index in [9.17, 15) is 14.0 Å². The van der Waals surface area contributed by atoms with Crippen LogP contribution in [-0.2, 0) is 9.59 Å². The maximum Gasteiger partial charge on any atom is 0.240 e. The molecule has 2 rings (SSSR count). The minimum absolute atomic E-state index is 0.0290. The number of anilines is 1. The summed E-state index contributed by atoms with van der Waals surface area (Å²) in [5.74, 6) is -1.20. The Labute approximate surface area is 117 Å². The van der Waals surface area contributed by atoms with Crippen LogP contribution in [-0.4, -0.2) is 11.8 Å². The minimum atomic E-state index is -0.756. The van der Waals surface area contributed by atoms with Crippen molar-refractivity contribution < 1.29 is 14.0 Å². The normalized spacial score (nSPS) is 18.6. The molecule has 1 heterocycles. The predicted molar refractivity (Wildman–Crippen MR) is 70.0 cm³/mol. The van der Waals surface area contributed by atoms with Gasteiger partial charge >= 0.3 is 0 Å². The SMILES string of the molecule is CC1(C)CC(=O)N(c2c(Cl)cc(F)cc2Br)C1=O. The molecule has 0 spiro atoms. The van der Waals surface area contributed by atoms with Gasteiger partial charge in [0.2, 0.25) is 11.8 Å². The van der Waals surface area contributed by atoms with Crippen molar-refractivity contribution in [2.75, 3.05) is 4.90 Å². The second-order valence-corrected chi connectivity index (χ2v) is 6.07. The lowest BCUT2D eigenvalue weighted by atomic mass is 9.92. The lowest BCUT2D eigenvalue weighted by molar-refractivity contribution is -0.124. The van der Waals surface area contributed by atoms with Crippen molar-refractivity contribution in [3.8, 4) is 0 Å². The number of amides is 2. The van der Waals surface area contributed by atoms with Gasteiger partial charge in [0.1, 0.15) is 5.82 Å². The lowest BCUT2D eigenvalue weighted by Crippen LogP contribution is -2.33. The van der Waals surface area contributed by atoms with Crippen molar-refractivity contribution in [2.24, 2.45) is 5.41 Å². The Morgan fingerprint density at radius 3 is 2.44 bits per heavy atom. The second kappa shape index (κ2) is 4.31. The van der Waals surface area contributed by atoms with Crippen LogP contribution in [0.15, 0.2) is 16.6 Å². The van der Waals surface area contributed by atoms with Crippen molar-refractivity contribution in [1.82, 2.24) is 0 Å². The number of carbonyl (C=O) groups excluding carboxylic acids is 2. The van der Waals surface area contributed by atoms with E-state index in [2.05, 4.69) is 15.9 Å². The van der Waals surface area contributed by atoms with E-state index in [4.69, 9.17) is 11.6 Å². The van der Waals surface area contributed by atoms with E-state index in [0.717, 1.165) is 11.0 Å². The van der Waals surface area contributed by atoms with Crippen LogP contribution in [0, 0.1) is 11.2 Å². The summed E-state index contributed by atoms with van der Waals surface area (Å²) < 4.78 is 13.4. The molecule has 96 valence electrons. The fourth-order valence-electron chi connectivity index (χ4n) is 1.92. The molecule has 0 atom stereocenters. The van der Waals surface area contributed by atoms with Crippen LogP contribution in [0.2, 0.25) is 5.02 Å². The van der Waals surface area contributed by atoms with Crippen molar-refractivity contribution in [3.05, 3.63) is 27.4 Å². The van der Waals surface area contributed by atoms with Gasteiger partial charge in [-0.25, -0.2) is 9.29 Å². The Kier molecular flexibility index (Phi) is 3.23. The Hall–Kier alpha value is -0.940. The van der Waals surface area contributed by atoms with E-state index in [1.807, 2.05) is 0 Å². The molecule has 1 fully saturated rings. The maximum absolute atomic E-state index is 13.1. The molecule has 0 saturated carbocycles. The molecular weight excluding hydrogens is 324 g/mol. The Balaban J connectivity index is 2.57. The van der Waals surface area contributed by atoms with Gasteiger partial charge in [-0.05, 0) is 28.1 Å². The summed E-state index contributed by atoms with van der Waals surface area (Å²) in [5.41, 5.74) is -0.549. The van der Waals surface area contributed by atoms with E-state index in [-0.39, 0.29) is 33.4 Å². The van der Waals surface area contributed by atoms with Crippen LogP contribution >= 0.6 is 27.5 Å². The van der Waals surface area contributed by atoms with E-state index in [1.165, 1.54) is 6.07 Å². The summed E-state index contributed by atoms with van der Waals surface area (Å²) in [4.78, 5) is 25.1. The van der Waals surface area contributed by atoms with Gasteiger partial charge in [0.15, 0.2) is 0 Å². The third kappa shape index (κ3) is 2.06. The van der Waals surface area contributed by atoms with Crippen molar-refractivity contribution in [1.29, 1.82) is 0 Å². The number of benzene rings is 1. The molecular formula is C12H10BrClFNO2. The van der Waals surface area contributed by atoms with Crippen molar-refractivity contribution in [2.45, 2.75) is 20.3 Å². The lowest BCUT2D eigenvalue weighted by Gasteiger charge is -2.20. The number of nitrogens with zero attached hydrogens (tertiary/aromatic N) is 1. The van der Waals surface area contributed by atoms with E-state index < -0.39 is 11.2 Å². The summed E-state index contributed by atoms with van der Waals surface area (Å²) >= 11 is 9.05. The summed E-state index contributed by atoms with van der Waals surface area (Å²) in [6.07, 6.45) is 0.117. The number of halogens is 3. The largest absolute Gasteiger partial charge is 0.274 e. The number of carbonyl (C=O) groups is 2. The van der Waals surface area contributed by atoms with Gasteiger partial charge in [0.25, 0.3) is 0 Å². The molecule has 0 N–H and O–H groups in total. The van der Waals surface area contributed by atoms with Crippen LogP contribution in [0.1, 0.15) is 20.3 Å². The van der Waals surface area contributed by atoms with Crippen LogP contribution in [0.3, 0.4) is 0 Å². The molecule has 0 aromatic heterocycles. The minimum Gasteiger partial charge on any atom is -0.274 e. The number of hydrogen-bond acceptors (Lipinski definition) is 2. The summed E-state index contributed by atoms with van der Waals surface area (Å²) in [5, 5.41) is 0.0290. The number of rotatable bonds is 1. The molecule has 1 aliphatic rings. The van der Waals surface area contributed by atoms with Gasteiger partial charge in [-0.2, -0.15) is 0 Å². The van der Waals surface area contributed by atoms with Crippen molar-refractivity contribution >= 4 is 45.0 Å². The van der Waals surface area contributed by atoms with Gasteiger partial charge in [0, 0.05) is 10.9 Å². The molecule has 0 bridgehead atoms. The zero-order valence-electron chi connectivity index (χ0n) is 9.76. The predicted octanol–water partition coefficient (Wildman–Crippen LogP) is 3.53. The summed E-state index contributed by atoms with van der Waals surface area (Å²) in [6, 6.07) is 2.25. The molecule has 1 saturated heterocycles. The van der Waals surface area contributed by atoms with E-state index >= 15 is 0 Å².